The molecule has 0 heterocycles. The van der Waals surface area contributed by atoms with E-state index in [1.165, 1.54) is 0 Å². The second-order valence-electron chi connectivity index (χ2n) is 3.11. The van der Waals surface area contributed by atoms with Crippen molar-refractivity contribution in [1.82, 2.24) is 10.6 Å². The molecule has 0 radical (unpaired) electrons. The molecule has 8 N–H and O–H groups in total. The molecule has 0 aliphatic carbocycles. The van der Waals surface area contributed by atoms with Crippen molar-refractivity contribution in [2.45, 2.75) is 12.5 Å². The minimum Gasteiger partial charge on any atom is -0.370 e. The van der Waals surface area contributed by atoms with Gasteiger partial charge < -0.3 is 27.8 Å². The first-order valence-corrected chi connectivity index (χ1v) is 4.80. The topological polar surface area (TPSA) is 136 Å². The molecule has 88 valence electrons. The van der Waals surface area contributed by atoms with Crippen LogP contribution in [0.15, 0.2) is 0 Å². The summed E-state index contributed by atoms with van der Waals surface area (Å²) in [6, 6.07) is -0.864. The minimum atomic E-state index is -0.864. The number of primary amides is 1. The van der Waals surface area contributed by atoms with Crippen LogP contribution in [0.5, 0.6) is 0 Å². The van der Waals surface area contributed by atoms with E-state index < -0.39 is 11.9 Å². The van der Waals surface area contributed by atoms with Gasteiger partial charge in [-0.15, -0.1) is 0 Å². The van der Waals surface area contributed by atoms with Crippen molar-refractivity contribution < 1.29 is 9.59 Å². The van der Waals surface area contributed by atoms with Crippen LogP contribution in [0.3, 0.4) is 0 Å². The summed E-state index contributed by atoms with van der Waals surface area (Å²) < 4.78 is 0. The van der Waals surface area contributed by atoms with Crippen LogP contribution in [0.1, 0.15) is 6.42 Å². The van der Waals surface area contributed by atoms with Gasteiger partial charge in [-0.2, -0.15) is 0 Å². The largest absolute Gasteiger partial charge is 0.370 e. The van der Waals surface area contributed by atoms with Gasteiger partial charge in [0, 0.05) is 26.2 Å². The Morgan fingerprint density at radius 3 is 2.40 bits per heavy atom. The van der Waals surface area contributed by atoms with Crippen LogP contribution in [0, 0.1) is 0 Å². The second kappa shape index (κ2) is 8.16. The Labute approximate surface area is 88.7 Å². The lowest BCUT2D eigenvalue weighted by molar-refractivity contribution is -0.126. The van der Waals surface area contributed by atoms with Crippen molar-refractivity contribution in [3.05, 3.63) is 0 Å². The van der Waals surface area contributed by atoms with Gasteiger partial charge in [0.15, 0.2) is 0 Å². The van der Waals surface area contributed by atoms with E-state index in [-0.39, 0.29) is 12.3 Å². The summed E-state index contributed by atoms with van der Waals surface area (Å²) in [7, 11) is 0. The zero-order valence-electron chi connectivity index (χ0n) is 8.66. The molecule has 1 atom stereocenters. The summed E-state index contributed by atoms with van der Waals surface area (Å²) in [5.41, 5.74) is 15.6. The molecule has 0 rings (SSSR count). The molecule has 0 saturated heterocycles. The van der Waals surface area contributed by atoms with E-state index in [1.54, 1.807) is 0 Å². The molecule has 15 heavy (non-hydrogen) atoms. The monoisotopic (exact) mass is 217 g/mol. The molecule has 7 nitrogen and oxygen atoms in total. The SMILES string of the molecule is NCCNCCNC(=O)C(N)CC(N)=O. The van der Waals surface area contributed by atoms with Gasteiger partial charge in [0.1, 0.15) is 0 Å². The Hall–Kier alpha value is -1.18. The molecule has 0 aromatic rings. The van der Waals surface area contributed by atoms with E-state index in [9.17, 15) is 9.59 Å². The molecule has 0 aliphatic heterocycles. The fraction of sp³-hybridized carbons (Fsp3) is 0.750. The van der Waals surface area contributed by atoms with Gasteiger partial charge in [0.2, 0.25) is 11.8 Å². The molecule has 0 bridgehead atoms. The molecule has 1 unspecified atom stereocenters. The molecular weight excluding hydrogens is 198 g/mol. The number of carbonyl (C=O) groups excluding carboxylic acids is 2. The van der Waals surface area contributed by atoms with Gasteiger partial charge in [0.25, 0.3) is 0 Å². The number of hydrogen-bond acceptors (Lipinski definition) is 5. The number of rotatable bonds is 8. The predicted molar refractivity (Wildman–Crippen MR) is 56.7 cm³/mol. The Balaban J connectivity index is 3.51. The Morgan fingerprint density at radius 1 is 1.20 bits per heavy atom. The summed E-state index contributed by atoms with van der Waals surface area (Å²) >= 11 is 0. The summed E-state index contributed by atoms with van der Waals surface area (Å²) in [5.74, 6) is -0.956. The van der Waals surface area contributed by atoms with Crippen molar-refractivity contribution in [3.8, 4) is 0 Å². The Kier molecular flexibility index (Phi) is 7.51. The van der Waals surface area contributed by atoms with Gasteiger partial charge in [-0.1, -0.05) is 0 Å². The summed E-state index contributed by atoms with van der Waals surface area (Å²) in [6.07, 6.45) is -0.137. The van der Waals surface area contributed by atoms with Crippen molar-refractivity contribution in [2.75, 3.05) is 26.2 Å². The number of hydrogen-bond donors (Lipinski definition) is 5. The first kappa shape index (κ1) is 13.8. The maximum Gasteiger partial charge on any atom is 0.237 e. The standard InChI is InChI=1S/C8H19N5O2/c9-1-2-12-3-4-13-8(15)6(10)5-7(11)14/h6,12H,1-5,9-10H2,(H2,11,14)(H,13,15). The summed E-state index contributed by atoms with van der Waals surface area (Å²) in [5, 5.41) is 5.57. The third kappa shape index (κ3) is 7.86. The van der Waals surface area contributed by atoms with Crippen LogP contribution in [0.25, 0.3) is 0 Å². The first-order chi connectivity index (χ1) is 7.07. The molecule has 0 aliphatic rings. The van der Waals surface area contributed by atoms with Crippen molar-refractivity contribution in [2.24, 2.45) is 17.2 Å². The van der Waals surface area contributed by atoms with E-state index in [4.69, 9.17) is 17.2 Å². The van der Waals surface area contributed by atoms with Crippen LogP contribution in [0.4, 0.5) is 0 Å². The highest BCUT2D eigenvalue weighted by Crippen LogP contribution is 1.85. The van der Waals surface area contributed by atoms with Crippen LogP contribution in [-0.2, 0) is 9.59 Å². The van der Waals surface area contributed by atoms with Gasteiger partial charge in [-0.3, -0.25) is 9.59 Å². The summed E-state index contributed by atoms with van der Waals surface area (Å²) in [4.78, 5) is 21.7. The van der Waals surface area contributed by atoms with Crippen LogP contribution in [0.2, 0.25) is 0 Å². The van der Waals surface area contributed by atoms with Crippen LogP contribution in [-0.4, -0.2) is 44.0 Å². The lowest BCUT2D eigenvalue weighted by atomic mass is 10.2. The number of nitrogens with two attached hydrogens (primary N) is 3. The molecule has 0 saturated carbocycles. The van der Waals surface area contributed by atoms with Gasteiger partial charge in [0.05, 0.1) is 12.5 Å². The van der Waals surface area contributed by atoms with Gasteiger partial charge in [-0.25, -0.2) is 0 Å². The minimum absolute atomic E-state index is 0.137. The maximum absolute atomic E-state index is 11.2. The van der Waals surface area contributed by atoms with Crippen molar-refractivity contribution >= 4 is 11.8 Å². The van der Waals surface area contributed by atoms with Crippen molar-refractivity contribution in [1.29, 1.82) is 0 Å². The molecule has 0 aromatic heterocycles. The van der Waals surface area contributed by atoms with E-state index in [2.05, 4.69) is 10.6 Å². The Bertz CT molecular complexity index is 209. The third-order valence-corrected chi connectivity index (χ3v) is 1.68. The fourth-order valence-corrected chi connectivity index (χ4v) is 0.942. The highest BCUT2D eigenvalue weighted by molar-refractivity contribution is 5.87. The van der Waals surface area contributed by atoms with Gasteiger partial charge >= 0.3 is 0 Å². The van der Waals surface area contributed by atoms with Gasteiger partial charge in [-0.05, 0) is 0 Å². The van der Waals surface area contributed by atoms with Crippen LogP contribution < -0.4 is 27.8 Å². The van der Waals surface area contributed by atoms with E-state index in [1.807, 2.05) is 0 Å². The maximum atomic E-state index is 11.2. The highest BCUT2D eigenvalue weighted by Gasteiger charge is 2.14. The quantitative estimate of drug-likeness (QED) is 0.274. The second-order valence-corrected chi connectivity index (χ2v) is 3.11. The van der Waals surface area contributed by atoms with Crippen molar-refractivity contribution in [3.63, 3.8) is 0 Å². The molecule has 0 aromatic carbocycles. The average molecular weight is 217 g/mol. The number of amides is 2. The smallest absolute Gasteiger partial charge is 0.237 e. The Morgan fingerprint density at radius 2 is 1.87 bits per heavy atom. The molecule has 0 fully saturated rings. The highest BCUT2D eigenvalue weighted by atomic mass is 16.2. The summed E-state index contributed by atoms with van der Waals surface area (Å²) in [6.45, 7) is 2.32. The molecule has 0 spiro atoms. The molecule has 7 heteroatoms. The van der Waals surface area contributed by atoms with E-state index >= 15 is 0 Å². The normalized spacial score (nSPS) is 12.1. The lowest BCUT2D eigenvalue weighted by Gasteiger charge is -2.10. The first-order valence-electron chi connectivity index (χ1n) is 4.80. The predicted octanol–water partition coefficient (Wildman–Crippen LogP) is -3.15. The lowest BCUT2D eigenvalue weighted by Crippen LogP contribution is -2.45. The number of carbonyl (C=O) groups is 2. The zero-order valence-corrected chi connectivity index (χ0v) is 8.66. The van der Waals surface area contributed by atoms with E-state index in [0.29, 0.717) is 26.2 Å². The molecular formula is C8H19N5O2. The van der Waals surface area contributed by atoms with E-state index in [0.717, 1.165) is 0 Å². The zero-order chi connectivity index (χ0) is 11.7. The van der Waals surface area contributed by atoms with Crippen LogP contribution >= 0.6 is 0 Å². The molecule has 2 amide bonds. The number of nitrogens with one attached hydrogen (secondary N) is 2. The average Bonchev–Trinajstić information content (AvgIpc) is 2.16. The fourth-order valence-electron chi connectivity index (χ4n) is 0.942. The third-order valence-electron chi connectivity index (χ3n) is 1.68.